The molecule has 0 bridgehead atoms. The Hall–Kier alpha value is -2.76. The highest BCUT2D eigenvalue weighted by molar-refractivity contribution is 7.89. The quantitative estimate of drug-likeness (QED) is 0.363. The van der Waals surface area contributed by atoms with E-state index < -0.39 is 39.4 Å². The number of nitrogens with zero attached hydrogens (tertiary/aromatic N) is 1. The number of carboxylic acid groups (broad SMARTS) is 1. The lowest BCUT2D eigenvalue weighted by atomic mass is 10.1. The first-order valence-corrected chi connectivity index (χ1v) is 11.4. The van der Waals surface area contributed by atoms with Crippen LogP contribution >= 0.6 is 12.6 Å². The van der Waals surface area contributed by atoms with Crippen molar-refractivity contribution < 1.29 is 33.0 Å². The number of likely N-dealkylation sites (tertiary alicyclic amines) is 1. The minimum absolute atomic E-state index is 0.0302. The molecule has 2 atom stereocenters. The molecular weight excluding hydrogens is 444 g/mol. The zero-order valence-corrected chi connectivity index (χ0v) is 18.1. The molecule has 0 aromatic heterocycles. The van der Waals surface area contributed by atoms with Crippen LogP contribution in [0.5, 0.6) is 5.75 Å². The highest BCUT2D eigenvalue weighted by Gasteiger charge is 2.35. The minimum atomic E-state index is -4.18. The van der Waals surface area contributed by atoms with Crippen LogP contribution in [0.2, 0.25) is 0 Å². The Morgan fingerprint density at radius 1 is 1.32 bits per heavy atom. The molecule has 1 heterocycles. The fourth-order valence-electron chi connectivity index (χ4n) is 3.52. The number of carbonyl (C=O) groups excluding carboxylic acids is 1. The zero-order valence-electron chi connectivity index (χ0n) is 16.4. The number of amides is 1. The summed E-state index contributed by atoms with van der Waals surface area (Å²) >= 11 is 4.39. The largest absolute Gasteiger partial charge is 0.506 e. The Kier molecular flexibility index (Phi) is 6.77. The fraction of sp³-hybridized carbons (Fsp3) is 0.300. The van der Waals surface area contributed by atoms with Crippen molar-refractivity contribution in [2.75, 3.05) is 19.7 Å². The molecule has 11 heteroatoms. The number of benzene rings is 2. The maximum atomic E-state index is 13.1. The summed E-state index contributed by atoms with van der Waals surface area (Å²) in [5.41, 5.74) is -0.523. The number of rotatable bonds is 7. The number of sulfonamides is 1. The summed E-state index contributed by atoms with van der Waals surface area (Å²) in [5, 5.41) is 19.7. The van der Waals surface area contributed by atoms with Crippen LogP contribution in [0.15, 0.2) is 47.9 Å². The first-order chi connectivity index (χ1) is 14.7. The Bertz CT molecular complexity index is 1130. The van der Waals surface area contributed by atoms with Crippen molar-refractivity contribution in [2.24, 2.45) is 0 Å². The van der Waals surface area contributed by atoms with Gasteiger partial charge in [-0.25, -0.2) is 22.7 Å². The van der Waals surface area contributed by atoms with E-state index in [1.54, 1.807) is 12.1 Å². The van der Waals surface area contributed by atoms with E-state index in [0.717, 1.165) is 6.07 Å². The van der Waals surface area contributed by atoms with Gasteiger partial charge in [-0.2, -0.15) is 12.6 Å². The summed E-state index contributed by atoms with van der Waals surface area (Å²) in [6.45, 7) is 3.71. The van der Waals surface area contributed by atoms with Crippen molar-refractivity contribution >= 4 is 45.5 Å². The zero-order chi connectivity index (χ0) is 22.8. The third kappa shape index (κ3) is 4.78. The van der Waals surface area contributed by atoms with Crippen molar-refractivity contribution in [3.05, 3.63) is 48.6 Å². The Balaban J connectivity index is 1.90. The van der Waals surface area contributed by atoms with Gasteiger partial charge in [0.05, 0.1) is 4.90 Å². The number of thiol groups is 1. The summed E-state index contributed by atoms with van der Waals surface area (Å²) in [4.78, 5) is 24.9. The molecule has 2 aromatic rings. The number of nitrogens with one attached hydrogen (secondary N) is 1. The van der Waals surface area contributed by atoms with Crippen molar-refractivity contribution in [1.82, 2.24) is 9.62 Å². The van der Waals surface area contributed by atoms with E-state index in [1.807, 2.05) is 0 Å². The second-order valence-electron chi connectivity index (χ2n) is 7.03. The van der Waals surface area contributed by atoms with E-state index in [0.29, 0.717) is 13.0 Å². The van der Waals surface area contributed by atoms with E-state index in [9.17, 15) is 28.2 Å². The molecule has 2 unspecified atom stereocenters. The SMILES string of the molecule is C=CCOC(=O)N1CC(S)CC1CNS(=O)(=O)c1cc(C(=O)O)c(O)c2ccccc12. The first kappa shape index (κ1) is 22.9. The Morgan fingerprint density at radius 3 is 2.65 bits per heavy atom. The van der Waals surface area contributed by atoms with Crippen molar-refractivity contribution in [3.8, 4) is 5.75 Å². The van der Waals surface area contributed by atoms with Crippen LogP contribution in [0, 0.1) is 0 Å². The van der Waals surface area contributed by atoms with Gasteiger partial charge in [-0.3, -0.25) is 0 Å². The molecule has 2 aromatic carbocycles. The highest BCUT2D eigenvalue weighted by Crippen LogP contribution is 2.34. The van der Waals surface area contributed by atoms with E-state index in [4.69, 9.17) is 4.74 Å². The van der Waals surface area contributed by atoms with Gasteiger partial charge in [-0.15, -0.1) is 0 Å². The molecule has 3 N–H and O–H groups in total. The van der Waals surface area contributed by atoms with Crippen LogP contribution in [0.4, 0.5) is 4.79 Å². The topological polar surface area (TPSA) is 133 Å². The summed E-state index contributed by atoms with van der Waals surface area (Å²) < 4.78 is 33.6. The van der Waals surface area contributed by atoms with Gasteiger partial charge in [-0.05, 0) is 12.5 Å². The lowest BCUT2D eigenvalue weighted by molar-refractivity contribution is 0.0693. The maximum Gasteiger partial charge on any atom is 0.410 e. The number of fused-ring (bicyclic) bond motifs is 1. The molecule has 0 saturated carbocycles. The van der Waals surface area contributed by atoms with Crippen LogP contribution in [-0.2, 0) is 14.8 Å². The molecule has 0 radical (unpaired) electrons. The van der Waals surface area contributed by atoms with E-state index in [-0.39, 0.29) is 34.1 Å². The van der Waals surface area contributed by atoms with Gasteiger partial charge in [0, 0.05) is 35.2 Å². The number of hydrogen-bond acceptors (Lipinski definition) is 7. The molecule has 1 fully saturated rings. The average molecular weight is 467 g/mol. The average Bonchev–Trinajstić information content (AvgIpc) is 3.11. The van der Waals surface area contributed by atoms with Crippen LogP contribution in [0.1, 0.15) is 16.8 Å². The lowest BCUT2D eigenvalue weighted by Crippen LogP contribution is -2.43. The van der Waals surface area contributed by atoms with Crippen LogP contribution in [0.25, 0.3) is 10.8 Å². The second kappa shape index (κ2) is 9.16. The number of carbonyl (C=O) groups is 2. The van der Waals surface area contributed by atoms with Gasteiger partial charge in [0.25, 0.3) is 0 Å². The van der Waals surface area contributed by atoms with Gasteiger partial charge in [0.15, 0.2) is 0 Å². The smallest absolute Gasteiger partial charge is 0.410 e. The highest BCUT2D eigenvalue weighted by atomic mass is 32.2. The molecular formula is C20H22N2O7S2. The summed E-state index contributed by atoms with van der Waals surface area (Å²) in [7, 11) is -4.18. The lowest BCUT2D eigenvalue weighted by Gasteiger charge is -2.24. The molecule has 31 heavy (non-hydrogen) atoms. The number of ether oxygens (including phenoxy) is 1. The van der Waals surface area contributed by atoms with Crippen LogP contribution < -0.4 is 4.72 Å². The number of aromatic hydroxyl groups is 1. The molecule has 1 aliphatic heterocycles. The van der Waals surface area contributed by atoms with E-state index >= 15 is 0 Å². The van der Waals surface area contributed by atoms with Crippen molar-refractivity contribution in [1.29, 1.82) is 0 Å². The van der Waals surface area contributed by atoms with Gasteiger partial charge < -0.3 is 19.8 Å². The summed E-state index contributed by atoms with van der Waals surface area (Å²) in [5.74, 6) is -1.96. The number of phenols is 1. The third-order valence-corrected chi connectivity index (χ3v) is 6.80. The monoisotopic (exact) mass is 466 g/mol. The third-order valence-electron chi connectivity index (χ3n) is 4.96. The number of aromatic carboxylic acids is 1. The molecule has 0 spiro atoms. The molecule has 1 amide bonds. The van der Waals surface area contributed by atoms with Crippen LogP contribution in [-0.4, -0.2) is 66.6 Å². The molecule has 3 rings (SSSR count). The summed E-state index contributed by atoms with van der Waals surface area (Å²) in [6, 6.07) is 6.51. The molecule has 9 nitrogen and oxygen atoms in total. The molecule has 0 aliphatic carbocycles. The number of carboxylic acids is 1. The maximum absolute atomic E-state index is 13.1. The van der Waals surface area contributed by atoms with Gasteiger partial charge in [0.1, 0.15) is 17.9 Å². The predicted octanol–water partition coefficient (Wildman–Crippen LogP) is 2.22. The van der Waals surface area contributed by atoms with Crippen LogP contribution in [0.3, 0.4) is 0 Å². The first-order valence-electron chi connectivity index (χ1n) is 9.35. The predicted molar refractivity (Wildman–Crippen MR) is 117 cm³/mol. The minimum Gasteiger partial charge on any atom is -0.506 e. The number of hydrogen-bond donors (Lipinski definition) is 4. The van der Waals surface area contributed by atoms with Gasteiger partial charge in [0.2, 0.25) is 10.0 Å². The molecule has 1 saturated heterocycles. The van der Waals surface area contributed by atoms with E-state index in [1.165, 1.54) is 23.1 Å². The normalized spacial score (nSPS) is 18.8. The van der Waals surface area contributed by atoms with Gasteiger partial charge in [-0.1, -0.05) is 36.9 Å². The van der Waals surface area contributed by atoms with Crippen molar-refractivity contribution in [2.45, 2.75) is 22.6 Å². The molecule has 1 aliphatic rings. The Labute approximate surface area is 184 Å². The fourth-order valence-corrected chi connectivity index (χ4v) is 5.25. The molecule has 166 valence electrons. The van der Waals surface area contributed by atoms with E-state index in [2.05, 4.69) is 23.9 Å². The summed E-state index contributed by atoms with van der Waals surface area (Å²) in [6.07, 6.45) is 1.29. The van der Waals surface area contributed by atoms with Gasteiger partial charge >= 0.3 is 12.1 Å². The second-order valence-corrected chi connectivity index (χ2v) is 9.50. The van der Waals surface area contributed by atoms with Crippen molar-refractivity contribution in [3.63, 3.8) is 0 Å². The Morgan fingerprint density at radius 2 is 2.00 bits per heavy atom. The standard InChI is InChI=1S/C20H22N2O7S2/c1-2-7-29-20(26)22-11-13(30)8-12(22)10-21-31(27,28)17-9-16(19(24)25)18(23)15-6-4-3-5-14(15)17/h2-6,9,12-13,21,23,30H,1,7-8,10-11H2,(H,24,25).